The van der Waals surface area contributed by atoms with E-state index in [4.69, 9.17) is 4.42 Å². The van der Waals surface area contributed by atoms with Crippen molar-refractivity contribution < 1.29 is 4.42 Å². The molecule has 3 aliphatic rings. The summed E-state index contributed by atoms with van der Waals surface area (Å²) >= 11 is 0. The standard InChI is InChI=1S/C64H58BN2O/c1-61(2)25-26-62(3,4)49-33-43(23-24-48(49)61)66-53-36-51-50(63(5,6)27-28-64(51,7)8)35-45(53)46-34-44(38-17-11-9-12-18-38)58-47-29-40-21-15-16-22-41(40)31-54(47)67-55-37-57-42(30-52(55)65-59(46)60(58)67)32-56(68-57)39-19-13-10-14-20-39/h9-24,29-37,66H,25-28H2,1-8H3. The molecule has 10 aromatic rings. The Hall–Kier alpha value is -6.78. The third-order valence-electron chi connectivity index (χ3n) is 16.7. The molecular weight excluding hydrogens is 824 g/mol. The maximum atomic E-state index is 6.73. The van der Waals surface area contributed by atoms with Crippen LogP contribution in [-0.2, 0) is 21.7 Å². The second-order valence-electron chi connectivity index (χ2n) is 23.0. The molecule has 0 unspecified atom stereocenters. The summed E-state index contributed by atoms with van der Waals surface area (Å²) < 4.78 is 9.30. The predicted octanol–water partition coefficient (Wildman–Crippen LogP) is 16.1. The highest BCUT2D eigenvalue weighted by Gasteiger charge is 2.40. The molecule has 2 aliphatic carbocycles. The van der Waals surface area contributed by atoms with E-state index in [2.05, 4.69) is 224 Å². The number of anilines is 2. The zero-order valence-corrected chi connectivity index (χ0v) is 40.7. The van der Waals surface area contributed by atoms with Crippen molar-refractivity contribution in [1.29, 1.82) is 0 Å². The van der Waals surface area contributed by atoms with E-state index in [1.54, 1.807) is 0 Å². The first-order valence-corrected chi connectivity index (χ1v) is 24.8. The molecule has 0 bridgehead atoms. The van der Waals surface area contributed by atoms with Crippen molar-refractivity contribution in [3.05, 3.63) is 174 Å². The van der Waals surface area contributed by atoms with Gasteiger partial charge in [-0.2, -0.15) is 0 Å². The summed E-state index contributed by atoms with van der Waals surface area (Å²) in [7, 11) is 2.48. The molecule has 0 spiro atoms. The number of furan rings is 1. The molecule has 3 heterocycles. The van der Waals surface area contributed by atoms with Crippen molar-refractivity contribution in [3.8, 4) is 39.3 Å². The summed E-state index contributed by atoms with van der Waals surface area (Å²) in [6.45, 7) is 19.5. The van der Waals surface area contributed by atoms with Crippen LogP contribution in [0.5, 0.6) is 0 Å². The molecular formula is C64H58BN2O. The van der Waals surface area contributed by atoms with Gasteiger partial charge in [0.1, 0.15) is 11.3 Å². The van der Waals surface area contributed by atoms with E-state index in [1.165, 1.54) is 101 Å². The number of hydrogen-bond acceptors (Lipinski definition) is 2. The van der Waals surface area contributed by atoms with E-state index < -0.39 is 0 Å². The molecule has 2 aromatic heterocycles. The zero-order valence-electron chi connectivity index (χ0n) is 40.7. The van der Waals surface area contributed by atoms with Gasteiger partial charge >= 0.3 is 0 Å². The zero-order chi connectivity index (χ0) is 46.5. The quantitative estimate of drug-likeness (QED) is 0.175. The second-order valence-corrected chi connectivity index (χ2v) is 23.0. The summed E-state index contributed by atoms with van der Waals surface area (Å²) in [5.74, 6) is 0.880. The van der Waals surface area contributed by atoms with Gasteiger partial charge in [0.15, 0.2) is 7.28 Å². The lowest BCUT2D eigenvalue weighted by Gasteiger charge is -2.43. The molecule has 333 valence electrons. The van der Waals surface area contributed by atoms with Crippen LogP contribution in [0.25, 0.3) is 82.8 Å². The van der Waals surface area contributed by atoms with Gasteiger partial charge in [-0.05, 0) is 151 Å². The lowest BCUT2D eigenvalue weighted by molar-refractivity contribution is 0.332. The summed E-state index contributed by atoms with van der Waals surface area (Å²) in [5, 5.41) is 10.3. The number of nitrogens with zero attached hydrogens (tertiary/aromatic N) is 1. The fourth-order valence-electron chi connectivity index (χ4n) is 12.5. The van der Waals surface area contributed by atoms with Gasteiger partial charge in [0.25, 0.3) is 0 Å². The van der Waals surface area contributed by atoms with Gasteiger partial charge in [-0.25, -0.2) is 0 Å². The third-order valence-corrected chi connectivity index (χ3v) is 16.7. The van der Waals surface area contributed by atoms with Crippen LogP contribution in [0.3, 0.4) is 0 Å². The van der Waals surface area contributed by atoms with Crippen LogP contribution in [0.4, 0.5) is 11.4 Å². The Morgan fingerprint density at radius 3 is 1.79 bits per heavy atom. The molecule has 13 rings (SSSR count). The fraction of sp³-hybridized carbons (Fsp3) is 0.250. The maximum absolute atomic E-state index is 6.73. The Labute approximate surface area is 401 Å². The van der Waals surface area contributed by atoms with Crippen LogP contribution in [0, 0.1) is 0 Å². The first-order valence-electron chi connectivity index (χ1n) is 24.8. The van der Waals surface area contributed by atoms with Gasteiger partial charge < -0.3 is 14.3 Å². The number of nitrogens with one attached hydrogen (secondary N) is 1. The average molecular weight is 882 g/mol. The fourth-order valence-corrected chi connectivity index (χ4v) is 12.5. The van der Waals surface area contributed by atoms with Crippen molar-refractivity contribution in [2.75, 3.05) is 5.32 Å². The summed E-state index contributed by atoms with van der Waals surface area (Å²) in [4.78, 5) is 0. The SMILES string of the molecule is CC1(C)CCC(C)(C)c2cc(Nc3cc4c(cc3-c3cc(-c5ccccc5)c5c6cc7ccccc7cc6n6c5c3[B]c3cc5cc(-c7ccccc7)oc5cc3-6)C(C)(C)CCC4(C)C)ccc21. The number of rotatable bonds is 5. The normalized spacial score (nSPS) is 17.2. The molecule has 1 radical (unpaired) electrons. The molecule has 0 amide bonds. The van der Waals surface area contributed by atoms with Crippen LogP contribution in [0.1, 0.15) is 103 Å². The largest absolute Gasteiger partial charge is 0.456 e. The molecule has 68 heavy (non-hydrogen) atoms. The van der Waals surface area contributed by atoms with Crippen molar-refractivity contribution >= 4 is 73.1 Å². The minimum atomic E-state index is 0.0117. The van der Waals surface area contributed by atoms with Crippen LogP contribution in [0.2, 0.25) is 0 Å². The van der Waals surface area contributed by atoms with Gasteiger partial charge in [-0.1, -0.05) is 158 Å². The van der Waals surface area contributed by atoms with E-state index in [1.807, 2.05) is 0 Å². The minimum absolute atomic E-state index is 0.0117. The summed E-state index contributed by atoms with van der Waals surface area (Å²) in [6, 6.07) is 57.0. The maximum Gasteiger partial charge on any atom is 0.197 e. The minimum Gasteiger partial charge on any atom is -0.456 e. The average Bonchev–Trinajstić information content (AvgIpc) is 3.91. The third kappa shape index (κ3) is 6.25. The van der Waals surface area contributed by atoms with Crippen molar-refractivity contribution in [2.45, 2.75) is 103 Å². The molecule has 8 aromatic carbocycles. The topological polar surface area (TPSA) is 30.1 Å². The highest BCUT2D eigenvalue weighted by Crippen LogP contribution is 2.52. The number of hydrogen-bond donors (Lipinski definition) is 1. The van der Waals surface area contributed by atoms with Gasteiger partial charge in [0, 0.05) is 55.9 Å². The van der Waals surface area contributed by atoms with E-state index in [9.17, 15) is 0 Å². The highest BCUT2D eigenvalue weighted by molar-refractivity contribution is 6.74. The Bertz CT molecular complexity index is 3730. The molecule has 0 atom stereocenters. The molecule has 0 fully saturated rings. The van der Waals surface area contributed by atoms with E-state index in [0.29, 0.717) is 0 Å². The lowest BCUT2D eigenvalue weighted by Crippen LogP contribution is -2.37. The predicted molar refractivity (Wildman–Crippen MR) is 290 cm³/mol. The van der Waals surface area contributed by atoms with Crippen LogP contribution >= 0.6 is 0 Å². The summed E-state index contributed by atoms with van der Waals surface area (Å²) in [6.07, 6.45) is 4.66. The smallest absolute Gasteiger partial charge is 0.197 e. The number of benzene rings is 8. The second kappa shape index (κ2) is 14.4. The molecule has 0 saturated carbocycles. The van der Waals surface area contributed by atoms with E-state index in [-0.39, 0.29) is 21.7 Å². The van der Waals surface area contributed by atoms with Gasteiger partial charge in [0.2, 0.25) is 0 Å². The van der Waals surface area contributed by atoms with Crippen molar-refractivity contribution in [2.24, 2.45) is 0 Å². The first kappa shape index (κ1) is 41.4. The van der Waals surface area contributed by atoms with E-state index in [0.717, 1.165) is 52.2 Å². The van der Waals surface area contributed by atoms with Crippen molar-refractivity contribution in [1.82, 2.24) is 4.57 Å². The van der Waals surface area contributed by atoms with Crippen molar-refractivity contribution in [3.63, 3.8) is 0 Å². The lowest BCUT2D eigenvalue weighted by atomic mass is 9.58. The summed E-state index contributed by atoms with van der Waals surface area (Å²) in [5.41, 5.74) is 21.3. The Morgan fingerprint density at radius 1 is 0.500 bits per heavy atom. The van der Waals surface area contributed by atoms with E-state index >= 15 is 0 Å². The van der Waals surface area contributed by atoms with Crippen LogP contribution in [0.15, 0.2) is 156 Å². The number of fused-ring (bicyclic) bond motifs is 9. The molecule has 1 aliphatic heterocycles. The molecule has 4 heteroatoms. The number of aromatic nitrogens is 1. The monoisotopic (exact) mass is 881 g/mol. The van der Waals surface area contributed by atoms with Gasteiger partial charge in [-0.3, -0.25) is 0 Å². The Morgan fingerprint density at radius 2 is 1.10 bits per heavy atom. The Kier molecular flexibility index (Phi) is 8.75. The van der Waals surface area contributed by atoms with Crippen LogP contribution in [-0.4, -0.2) is 11.8 Å². The first-order chi connectivity index (χ1) is 32.6. The van der Waals surface area contributed by atoms with Gasteiger partial charge in [0.05, 0.1) is 5.52 Å². The molecule has 0 saturated heterocycles. The Balaban J connectivity index is 1.14. The highest BCUT2D eigenvalue weighted by atomic mass is 16.3. The molecule has 3 nitrogen and oxygen atoms in total. The molecule has 1 N–H and O–H groups in total. The van der Waals surface area contributed by atoms with Gasteiger partial charge in [-0.15, -0.1) is 0 Å². The van der Waals surface area contributed by atoms with Crippen LogP contribution < -0.4 is 16.2 Å².